The molecule has 3 rings (SSSR count). The van der Waals surface area contributed by atoms with Crippen molar-refractivity contribution in [2.45, 2.75) is 18.4 Å². The Morgan fingerprint density at radius 1 is 1.14 bits per heavy atom. The fourth-order valence-corrected chi connectivity index (χ4v) is 4.03. The third kappa shape index (κ3) is 2.20. The Bertz CT molecular complexity index is 807. The highest BCUT2D eigenvalue weighted by atomic mass is 79.9. The van der Waals surface area contributed by atoms with Crippen molar-refractivity contribution >= 4 is 49.2 Å². The predicted molar refractivity (Wildman–Crippen MR) is 85.6 cm³/mol. The van der Waals surface area contributed by atoms with Gasteiger partial charge in [0.1, 0.15) is 5.54 Å². The van der Waals surface area contributed by atoms with Gasteiger partial charge in [-0.2, -0.15) is 0 Å². The topological polar surface area (TPSA) is 80.5 Å². The second kappa shape index (κ2) is 4.99. The van der Waals surface area contributed by atoms with Gasteiger partial charge >= 0.3 is 0 Å². The van der Waals surface area contributed by atoms with Gasteiger partial charge < -0.3 is 5.73 Å². The average molecular weight is 369 g/mol. The monoisotopic (exact) mass is 368 g/mol. The van der Waals surface area contributed by atoms with Gasteiger partial charge in [-0.25, -0.2) is 8.42 Å². The highest BCUT2D eigenvalue weighted by Gasteiger charge is 2.55. The summed E-state index contributed by atoms with van der Waals surface area (Å²) < 4.78 is 25.5. The lowest BCUT2D eigenvalue weighted by atomic mass is 10.1. The van der Waals surface area contributed by atoms with E-state index in [2.05, 4.69) is 15.9 Å². The Morgan fingerprint density at radius 3 is 2.29 bits per heavy atom. The summed E-state index contributed by atoms with van der Waals surface area (Å²) in [6.07, 6.45) is 0.909. The first-order chi connectivity index (χ1) is 9.97. The summed E-state index contributed by atoms with van der Waals surface area (Å²) in [7, 11) is -2.96. The number of rotatable bonds is 4. The normalized spacial score (nSPS) is 16.1. The molecule has 0 aromatic heterocycles. The van der Waals surface area contributed by atoms with Crippen LogP contribution < -0.4 is 10.0 Å². The number of fused-ring (bicyclic) bond motifs is 1. The van der Waals surface area contributed by atoms with Crippen molar-refractivity contribution in [2.24, 2.45) is 5.73 Å². The van der Waals surface area contributed by atoms with Gasteiger partial charge in [-0.05, 0) is 30.4 Å². The zero-order chi connectivity index (χ0) is 15.2. The number of hydrogen-bond acceptors (Lipinski definition) is 3. The summed E-state index contributed by atoms with van der Waals surface area (Å²) in [6.45, 7) is 0. The molecule has 1 amide bonds. The molecule has 7 heteroatoms. The van der Waals surface area contributed by atoms with E-state index in [-0.39, 0.29) is 0 Å². The lowest BCUT2D eigenvalue weighted by Crippen LogP contribution is -2.46. The highest BCUT2D eigenvalue weighted by Crippen LogP contribution is 2.46. The van der Waals surface area contributed by atoms with Crippen molar-refractivity contribution in [1.82, 2.24) is 0 Å². The minimum atomic E-state index is -2.96. The highest BCUT2D eigenvalue weighted by molar-refractivity contribution is 9.10. The van der Waals surface area contributed by atoms with Gasteiger partial charge in [0.25, 0.3) is 0 Å². The van der Waals surface area contributed by atoms with Crippen molar-refractivity contribution in [3.8, 4) is 0 Å². The van der Waals surface area contributed by atoms with E-state index in [0.717, 1.165) is 19.6 Å². The van der Waals surface area contributed by atoms with Gasteiger partial charge in [-0.15, -0.1) is 0 Å². The van der Waals surface area contributed by atoms with Crippen LogP contribution >= 0.6 is 15.9 Å². The first kappa shape index (κ1) is 14.3. The van der Waals surface area contributed by atoms with Gasteiger partial charge in [-0.3, -0.25) is 9.10 Å². The maximum Gasteiger partial charge on any atom is 0.244 e. The van der Waals surface area contributed by atoms with Gasteiger partial charge in [0.2, 0.25) is 16.8 Å². The number of anilines is 1. The molecule has 1 saturated carbocycles. The zero-order valence-electron chi connectivity index (χ0n) is 11.0. The van der Waals surface area contributed by atoms with Gasteiger partial charge in [-0.1, -0.05) is 40.2 Å². The number of benzene rings is 2. The molecule has 0 aliphatic heterocycles. The second-order valence-electron chi connectivity index (χ2n) is 5.06. The summed E-state index contributed by atoms with van der Waals surface area (Å²) in [5.74, 6) is -0.603. The summed E-state index contributed by atoms with van der Waals surface area (Å²) in [5, 5.41) is 1.65. The minimum Gasteiger partial charge on any atom is -0.368 e. The molecule has 2 aromatic carbocycles. The Morgan fingerprint density at radius 2 is 1.76 bits per heavy atom. The van der Waals surface area contributed by atoms with Crippen molar-refractivity contribution in [2.75, 3.05) is 4.31 Å². The van der Waals surface area contributed by atoms with E-state index < -0.39 is 22.3 Å². The van der Waals surface area contributed by atoms with Gasteiger partial charge in [0.05, 0.1) is 5.69 Å². The summed E-state index contributed by atoms with van der Waals surface area (Å²) >= 11 is 3.45. The molecule has 0 atom stereocenters. The van der Waals surface area contributed by atoms with Crippen molar-refractivity contribution in [3.05, 3.63) is 40.9 Å². The number of halogens is 1. The molecule has 0 heterocycles. The minimum absolute atomic E-state index is 0.454. The molecule has 0 bridgehead atoms. The molecule has 1 aliphatic carbocycles. The van der Waals surface area contributed by atoms with Crippen LogP contribution in [0.25, 0.3) is 10.8 Å². The van der Waals surface area contributed by atoms with Crippen LogP contribution in [0.1, 0.15) is 12.8 Å². The first-order valence-electron chi connectivity index (χ1n) is 6.39. The molecule has 1 aliphatic rings. The largest absolute Gasteiger partial charge is 0.368 e. The Hall–Kier alpha value is -1.60. The molecular weight excluding hydrogens is 356 g/mol. The average Bonchev–Trinajstić information content (AvgIpc) is 3.23. The van der Waals surface area contributed by atoms with Crippen LogP contribution in [0.4, 0.5) is 5.69 Å². The van der Waals surface area contributed by atoms with E-state index in [4.69, 9.17) is 5.73 Å². The van der Waals surface area contributed by atoms with Crippen LogP contribution in [0.15, 0.2) is 40.9 Å². The molecule has 5 nitrogen and oxygen atoms in total. The molecule has 21 heavy (non-hydrogen) atoms. The van der Waals surface area contributed by atoms with Crippen LogP contribution in [0.5, 0.6) is 0 Å². The third-order valence-electron chi connectivity index (χ3n) is 3.83. The first-order valence-corrected chi connectivity index (χ1v) is 8.31. The number of nitrogens with zero attached hydrogens (tertiary/aromatic N) is 1. The molecule has 0 radical (unpaired) electrons. The molecule has 0 unspecified atom stereocenters. The number of thiol groups is 1. The van der Waals surface area contributed by atoms with E-state index in [1.165, 1.54) is 0 Å². The summed E-state index contributed by atoms with van der Waals surface area (Å²) in [4.78, 5) is 11.7. The number of primary amides is 1. The molecule has 0 spiro atoms. The maximum atomic E-state index is 11.8. The standard InChI is InChI=1S/C14H13BrN2O3S/c15-11-5-6-12(10-4-2-1-3-9(10)11)17(21(19)20)14(7-8-14)13(16)18/h1-6,21H,7-8H2,(H2,16,18). The van der Waals surface area contributed by atoms with E-state index in [1.807, 2.05) is 24.3 Å². The van der Waals surface area contributed by atoms with Crippen LogP contribution in [0.2, 0.25) is 0 Å². The Kier molecular flexibility index (Phi) is 3.41. The fraction of sp³-hybridized carbons (Fsp3) is 0.214. The van der Waals surface area contributed by atoms with Crippen LogP contribution in [0, 0.1) is 0 Å². The Balaban J connectivity index is 2.27. The molecular formula is C14H13BrN2O3S. The van der Waals surface area contributed by atoms with Crippen molar-refractivity contribution < 1.29 is 13.2 Å². The lowest BCUT2D eigenvalue weighted by Gasteiger charge is -2.27. The molecule has 110 valence electrons. The smallest absolute Gasteiger partial charge is 0.244 e. The number of hydrogen-bond donors (Lipinski definition) is 2. The predicted octanol–water partition coefficient (Wildman–Crippen LogP) is 1.95. The molecule has 0 saturated heterocycles. The molecule has 2 aromatic rings. The molecule has 2 N–H and O–H groups in total. The van der Waals surface area contributed by atoms with E-state index in [0.29, 0.717) is 18.5 Å². The maximum absolute atomic E-state index is 11.8. The SMILES string of the molecule is NC(=O)C1(N(c2ccc(Br)c3ccccc23)[SH](=O)=O)CC1. The van der Waals surface area contributed by atoms with E-state index >= 15 is 0 Å². The van der Waals surface area contributed by atoms with Crippen LogP contribution in [-0.2, 0) is 15.7 Å². The van der Waals surface area contributed by atoms with Crippen LogP contribution in [0.3, 0.4) is 0 Å². The Labute approximate surface area is 131 Å². The summed E-state index contributed by atoms with van der Waals surface area (Å²) in [6, 6.07) is 10.9. The third-order valence-corrected chi connectivity index (χ3v) is 5.44. The lowest BCUT2D eigenvalue weighted by molar-refractivity contribution is -0.119. The quantitative estimate of drug-likeness (QED) is 0.809. The number of amides is 1. The van der Waals surface area contributed by atoms with Crippen LogP contribution in [-0.4, -0.2) is 19.9 Å². The number of carbonyl (C=O) groups is 1. The second-order valence-corrected chi connectivity index (χ2v) is 6.79. The number of nitrogens with two attached hydrogens (primary N) is 1. The molecule has 1 fully saturated rings. The van der Waals surface area contributed by atoms with E-state index in [9.17, 15) is 13.2 Å². The van der Waals surface area contributed by atoms with Gasteiger partial charge in [0.15, 0.2) is 0 Å². The zero-order valence-corrected chi connectivity index (χ0v) is 13.4. The van der Waals surface area contributed by atoms with Crippen molar-refractivity contribution in [1.29, 1.82) is 0 Å². The van der Waals surface area contributed by atoms with Gasteiger partial charge in [0, 0.05) is 9.86 Å². The van der Waals surface area contributed by atoms with Crippen molar-refractivity contribution in [3.63, 3.8) is 0 Å². The summed E-state index contributed by atoms with van der Waals surface area (Å²) in [5.41, 5.74) is 4.81. The van der Waals surface area contributed by atoms with E-state index in [1.54, 1.807) is 12.1 Å². The fourth-order valence-electron chi connectivity index (χ4n) is 2.59. The number of carbonyl (C=O) groups excluding carboxylic acids is 1.